The number of carbonyl (C=O) groups excluding carboxylic acids is 1. The lowest BCUT2D eigenvalue weighted by Crippen LogP contribution is -2.11. The zero-order valence-corrected chi connectivity index (χ0v) is 16.5. The molecule has 150 valence electrons. The minimum Gasteiger partial charge on any atom is -0.491 e. The molecule has 0 fully saturated rings. The highest BCUT2D eigenvalue weighted by Gasteiger charge is 2.11. The van der Waals surface area contributed by atoms with Gasteiger partial charge in [0, 0.05) is 5.69 Å². The van der Waals surface area contributed by atoms with Gasteiger partial charge in [0.15, 0.2) is 12.4 Å². The second-order valence-electron chi connectivity index (χ2n) is 6.69. The van der Waals surface area contributed by atoms with Crippen LogP contribution in [0.4, 0.5) is 17.6 Å². The van der Waals surface area contributed by atoms with Crippen LogP contribution in [0.15, 0.2) is 48.5 Å². The highest BCUT2D eigenvalue weighted by molar-refractivity contribution is 5.89. The van der Waals surface area contributed by atoms with Gasteiger partial charge in [0.05, 0.1) is 11.7 Å². The maximum Gasteiger partial charge on any atom is 0.338 e. The summed E-state index contributed by atoms with van der Waals surface area (Å²) < 4.78 is 10.9. The van der Waals surface area contributed by atoms with Gasteiger partial charge in [-0.25, -0.2) is 4.79 Å². The number of aryl methyl sites for hydroxylation is 1. The third kappa shape index (κ3) is 5.90. The number of carbonyl (C=O) groups is 1. The van der Waals surface area contributed by atoms with E-state index in [-0.39, 0.29) is 30.4 Å². The summed E-state index contributed by atoms with van der Waals surface area (Å²) in [7, 11) is 0. The maximum absolute atomic E-state index is 12.3. The molecule has 8 nitrogen and oxygen atoms in total. The van der Waals surface area contributed by atoms with E-state index in [2.05, 4.69) is 20.3 Å². The van der Waals surface area contributed by atoms with E-state index in [0.717, 1.165) is 11.3 Å². The third-order valence-electron chi connectivity index (χ3n) is 3.80. The molecule has 29 heavy (non-hydrogen) atoms. The average molecular weight is 393 g/mol. The smallest absolute Gasteiger partial charge is 0.338 e. The summed E-state index contributed by atoms with van der Waals surface area (Å²) in [5.41, 5.74) is 8.11. The summed E-state index contributed by atoms with van der Waals surface area (Å²) in [6, 6.07) is 14.5. The Kier molecular flexibility index (Phi) is 6.23. The minimum absolute atomic E-state index is 0.0378. The van der Waals surface area contributed by atoms with E-state index in [1.54, 1.807) is 24.3 Å². The standard InChI is InChI=1S/C21H23N5O3/c1-13(2)29-17-10-6-15(7-11-17)19(27)28-12-18-24-20(22)26-21(25-18)23-16-8-4-14(3)5-9-16/h4-11,13H,12H2,1-3H3,(H3,22,23,24,25,26). The predicted octanol–water partition coefficient (Wildman–Crippen LogP) is 3.65. The summed E-state index contributed by atoms with van der Waals surface area (Å²) in [5.74, 6) is 0.764. The molecule has 0 aliphatic heterocycles. The van der Waals surface area contributed by atoms with E-state index in [9.17, 15) is 4.79 Å². The van der Waals surface area contributed by atoms with E-state index in [4.69, 9.17) is 15.2 Å². The molecular weight excluding hydrogens is 370 g/mol. The first-order chi connectivity index (χ1) is 13.9. The van der Waals surface area contributed by atoms with Gasteiger partial charge in [-0.05, 0) is 57.2 Å². The number of anilines is 3. The fraction of sp³-hybridized carbons (Fsp3) is 0.238. The second kappa shape index (κ2) is 9.01. The Hall–Kier alpha value is -3.68. The predicted molar refractivity (Wildman–Crippen MR) is 110 cm³/mol. The first-order valence-electron chi connectivity index (χ1n) is 9.17. The zero-order valence-electron chi connectivity index (χ0n) is 16.5. The van der Waals surface area contributed by atoms with Crippen LogP contribution in [-0.4, -0.2) is 27.0 Å². The van der Waals surface area contributed by atoms with E-state index >= 15 is 0 Å². The summed E-state index contributed by atoms with van der Waals surface area (Å²) in [5, 5.41) is 3.06. The Balaban J connectivity index is 1.63. The van der Waals surface area contributed by atoms with Crippen molar-refractivity contribution in [3.63, 3.8) is 0 Å². The molecule has 1 aromatic heterocycles. The number of aromatic nitrogens is 3. The van der Waals surface area contributed by atoms with E-state index in [0.29, 0.717) is 11.3 Å². The van der Waals surface area contributed by atoms with Crippen LogP contribution in [0.3, 0.4) is 0 Å². The third-order valence-corrected chi connectivity index (χ3v) is 3.80. The molecule has 0 spiro atoms. The van der Waals surface area contributed by atoms with E-state index < -0.39 is 5.97 Å². The first kappa shape index (κ1) is 20.1. The quantitative estimate of drug-likeness (QED) is 0.585. The Morgan fingerprint density at radius 1 is 1.03 bits per heavy atom. The Labute approximate surface area is 169 Å². The Morgan fingerprint density at radius 2 is 1.72 bits per heavy atom. The normalized spacial score (nSPS) is 10.6. The Morgan fingerprint density at radius 3 is 2.38 bits per heavy atom. The number of nitrogens with zero attached hydrogens (tertiary/aromatic N) is 3. The highest BCUT2D eigenvalue weighted by Crippen LogP contribution is 2.16. The van der Waals surface area contributed by atoms with Crippen LogP contribution in [0.25, 0.3) is 0 Å². The highest BCUT2D eigenvalue weighted by atomic mass is 16.5. The molecule has 3 aromatic rings. The lowest BCUT2D eigenvalue weighted by Gasteiger charge is -2.10. The van der Waals surface area contributed by atoms with Crippen molar-refractivity contribution in [2.24, 2.45) is 0 Å². The number of rotatable bonds is 7. The Bertz CT molecular complexity index is 973. The molecule has 0 atom stereocenters. The number of esters is 1. The topological polar surface area (TPSA) is 112 Å². The monoisotopic (exact) mass is 393 g/mol. The number of ether oxygens (including phenoxy) is 2. The van der Waals surface area contributed by atoms with E-state index in [1.807, 2.05) is 45.0 Å². The average Bonchev–Trinajstić information content (AvgIpc) is 2.68. The van der Waals surface area contributed by atoms with Crippen LogP contribution in [0.5, 0.6) is 5.75 Å². The van der Waals surface area contributed by atoms with Crippen LogP contribution in [0.1, 0.15) is 35.6 Å². The van der Waals surface area contributed by atoms with E-state index in [1.165, 1.54) is 0 Å². The fourth-order valence-corrected chi connectivity index (χ4v) is 2.48. The van der Waals surface area contributed by atoms with Crippen molar-refractivity contribution >= 4 is 23.6 Å². The summed E-state index contributed by atoms with van der Waals surface area (Å²) in [4.78, 5) is 24.6. The largest absolute Gasteiger partial charge is 0.491 e. The van der Waals surface area contributed by atoms with Gasteiger partial charge in [-0.3, -0.25) is 0 Å². The summed E-state index contributed by atoms with van der Waals surface area (Å²) >= 11 is 0. The van der Waals surface area contributed by atoms with Crippen LogP contribution < -0.4 is 15.8 Å². The van der Waals surface area contributed by atoms with Crippen molar-refractivity contribution < 1.29 is 14.3 Å². The van der Waals surface area contributed by atoms with Gasteiger partial charge in [0.2, 0.25) is 11.9 Å². The number of nitrogens with one attached hydrogen (secondary N) is 1. The second-order valence-corrected chi connectivity index (χ2v) is 6.69. The lowest BCUT2D eigenvalue weighted by atomic mass is 10.2. The molecule has 0 aliphatic carbocycles. The lowest BCUT2D eigenvalue weighted by molar-refractivity contribution is 0.0462. The van der Waals surface area contributed by atoms with Gasteiger partial charge in [-0.2, -0.15) is 15.0 Å². The fourth-order valence-electron chi connectivity index (χ4n) is 2.48. The molecule has 0 aliphatic rings. The first-order valence-corrected chi connectivity index (χ1v) is 9.17. The van der Waals surface area contributed by atoms with Crippen LogP contribution >= 0.6 is 0 Å². The SMILES string of the molecule is Cc1ccc(Nc2nc(N)nc(COC(=O)c3ccc(OC(C)C)cc3)n2)cc1. The number of nitrogen functional groups attached to an aromatic ring is 1. The number of hydrogen-bond acceptors (Lipinski definition) is 8. The molecule has 1 heterocycles. The summed E-state index contributed by atoms with van der Waals surface area (Å²) in [6.45, 7) is 5.75. The molecule has 0 amide bonds. The van der Waals surface area contributed by atoms with Crippen molar-refractivity contribution in [3.05, 3.63) is 65.5 Å². The molecule has 0 saturated carbocycles. The molecular formula is C21H23N5O3. The molecule has 8 heteroatoms. The molecule has 0 saturated heterocycles. The van der Waals surface area contributed by atoms with Crippen molar-refractivity contribution in [1.29, 1.82) is 0 Å². The van der Waals surface area contributed by atoms with Gasteiger partial charge in [0.25, 0.3) is 0 Å². The molecule has 0 radical (unpaired) electrons. The van der Waals surface area contributed by atoms with Crippen LogP contribution in [0, 0.1) is 6.92 Å². The molecule has 3 N–H and O–H groups in total. The van der Waals surface area contributed by atoms with Crippen molar-refractivity contribution in [3.8, 4) is 5.75 Å². The molecule has 2 aromatic carbocycles. The van der Waals surface area contributed by atoms with Crippen LogP contribution in [0.2, 0.25) is 0 Å². The number of benzene rings is 2. The molecule has 0 unspecified atom stereocenters. The van der Waals surface area contributed by atoms with Crippen molar-refractivity contribution in [1.82, 2.24) is 15.0 Å². The van der Waals surface area contributed by atoms with Crippen LogP contribution in [-0.2, 0) is 11.3 Å². The van der Waals surface area contributed by atoms with Gasteiger partial charge in [-0.15, -0.1) is 0 Å². The van der Waals surface area contributed by atoms with Gasteiger partial charge < -0.3 is 20.5 Å². The van der Waals surface area contributed by atoms with Gasteiger partial charge in [-0.1, -0.05) is 17.7 Å². The van der Waals surface area contributed by atoms with Gasteiger partial charge >= 0.3 is 5.97 Å². The van der Waals surface area contributed by atoms with Crippen molar-refractivity contribution in [2.45, 2.75) is 33.5 Å². The summed E-state index contributed by atoms with van der Waals surface area (Å²) in [6.07, 6.45) is 0.0600. The minimum atomic E-state index is -0.492. The number of hydrogen-bond donors (Lipinski definition) is 2. The maximum atomic E-state index is 12.3. The van der Waals surface area contributed by atoms with Gasteiger partial charge in [0.1, 0.15) is 5.75 Å². The zero-order chi connectivity index (χ0) is 20.8. The molecule has 0 bridgehead atoms. The number of nitrogens with two attached hydrogens (primary N) is 1. The molecule has 3 rings (SSSR count). The van der Waals surface area contributed by atoms with Crippen molar-refractivity contribution in [2.75, 3.05) is 11.1 Å².